The molecule has 2 fully saturated rings. The average molecular weight is 630 g/mol. The molecule has 45 heavy (non-hydrogen) atoms. The van der Waals surface area contributed by atoms with Gasteiger partial charge in [-0.05, 0) is 50.8 Å². The fraction of sp³-hybridized carbons (Fsp3) is 0.438. The van der Waals surface area contributed by atoms with E-state index in [9.17, 15) is 8.42 Å². The molecule has 13 heteroatoms. The fourth-order valence-corrected chi connectivity index (χ4v) is 8.06. The fourth-order valence-electron chi connectivity index (χ4n) is 6.97. The highest BCUT2D eigenvalue weighted by atomic mass is 32.2. The molecule has 5 aromatic rings. The number of fused-ring (bicyclic) bond motifs is 2. The normalized spacial score (nSPS) is 20.2. The van der Waals surface area contributed by atoms with Crippen molar-refractivity contribution in [2.45, 2.75) is 51.1 Å². The molecule has 0 bridgehead atoms. The smallest absolute Gasteiger partial charge is 0.213 e. The van der Waals surface area contributed by atoms with Crippen LogP contribution < -0.4 is 10.5 Å². The number of imidazole rings is 1. The molecule has 0 atom stereocenters. The van der Waals surface area contributed by atoms with Gasteiger partial charge in [-0.15, -0.1) is 0 Å². The predicted octanol–water partition coefficient (Wildman–Crippen LogP) is 4.00. The van der Waals surface area contributed by atoms with Gasteiger partial charge in [0.25, 0.3) is 0 Å². The molecule has 1 saturated heterocycles. The van der Waals surface area contributed by atoms with Crippen molar-refractivity contribution in [3.8, 4) is 17.0 Å². The second kappa shape index (κ2) is 12.0. The number of para-hydroxylation sites is 1. The highest BCUT2D eigenvalue weighted by Gasteiger charge is 2.33. The molecule has 7 rings (SSSR count). The molecule has 2 aliphatic rings. The van der Waals surface area contributed by atoms with Gasteiger partial charge < -0.3 is 15.5 Å². The second-order valence-electron chi connectivity index (χ2n) is 12.0. The maximum absolute atomic E-state index is 12.3. The first kappa shape index (κ1) is 29.6. The Labute approximate surface area is 262 Å². The van der Waals surface area contributed by atoms with Gasteiger partial charge in [-0.25, -0.2) is 28.1 Å². The zero-order chi connectivity index (χ0) is 31.1. The van der Waals surface area contributed by atoms with Gasteiger partial charge in [0, 0.05) is 49.8 Å². The molecule has 0 radical (unpaired) electrons. The Morgan fingerprint density at radius 3 is 2.51 bits per heavy atom. The van der Waals surface area contributed by atoms with Gasteiger partial charge in [0.1, 0.15) is 29.4 Å². The Morgan fingerprint density at radius 2 is 1.76 bits per heavy atom. The molecule has 0 unspecified atom stereocenters. The summed E-state index contributed by atoms with van der Waals surface area (Å²) in [5, 5.41) is 5.89. The number of hydrogen-bond donors (Lipinski definition) is 2. The molecular weight excluding hydrogens is 590 g/mol. The number of anilines is 1. The largest absolute Gasteiger partial charge is 0.496 e. The maximum Gasteiger partial charge on any atom is 0.213 e. The molecule has 2 aromatic carbocycles. The molecule has 1 aliphatic carbocycles. The Morgan fingerprint density at radius 1 is 1.00 bits per heavy atom. The number of H-pyrrole nitrogens is 1. The minimum atomic E-state index is -3.13. The zero-order valence-electron chi connectivity index (χ0n) is 25.7. The number of nitrogens with zero attached hydrogens (tertiary/aromatic N) is 7. The van der Waals surface area contributed by atoms with Crippen molar-refractivity contribution < 1.29 is 13.2 Å². The van der Waals surface area contributed by atoms with Crippen LogP contribution in [0.15, 0.2) is 48.8 Å². The molecule has 236 valence electrons. The van der Waals surface area contributed by atoms with Crippen molar-refractivity contribution in [3.05, 3.63) is 60.2 Å². The molecule has 4 heterocycles. The summed E-state index contributed by atoms with van der Waals surface area (Å²) < 4.78 is 33.8. The third-order valence-electron chi connectivity index (χ3n) is 9.43. The summed E-state index contributed by atoms with van der Waals surface area (Å²) in [5.41, 5.74) is 11.8. The third-order valence-corrected chi connectivity index (χ3v) is 11.3. The van der Waals surface area contributed by atoms with Crippen molar-refractivity contribution in [1.29, 1.82) is 0 Å². The van der Waals surface area contributed by atoms with Gasteiger partial charge in [0.15, 0.2) is 5.65 Å². The van der Waals surface area contributed by atoms with Crippen molar-refractivity contribution >= 4 is 37.9 Å². The Kier molecular flexibility index (Phi) is 7.92. The topological polar surface area (TPSA) is 148 Å². The standard InChI is InChI=1S/C32H39N9O3S/c1-3-45(42,43)40-16-14-39(15-17-40)23-9-11-24(12-10-23)41-32-29(31(33)34-20-35-32)30(38-41)22-8-13-25-26(18-22)37-28(36-25)19-21-6-4-5-7-27(21)44-2/h4-8,13,18,20,23-24H,3,9-12,14-17,19H2,1-2H3,(H,36,37)(H2,33,34,35)/t23-,24-. The summed E-state index contributed by atoms with van der Waals surface area (Å²) in [6.07, 6.45) is 6.11. The van der Waals surface area contributed by atoms with Crippen LogP contribution in [-0.2, 0) is 16.4 Å². The Hall–Kier alpha value is -4.07. The van der Waals surface area contributed by atoms with Crippen LogP contribution in [0.4, 0.5) is 5.82 Å². The van der Waals surface area contributed by atoms with E-state index >= 15 is 0 Å². The molecule has 1 saturated carbocycles. The lowest BCUT2D eigenvalue weighted by Crippen LogP contribution is -2.52. The Balaban J connectivity index is 1.11. The van der Waals surface area contributed by atoms with Crippen LogP contribution in [-0.4, -0.2) is 92.4 Å². The highest BCUT2D eigenvalue weighted by molar-refractivity contribution is 7.89. The summed E-state index contributed by atoms with van der Waals surface area (Å²) in [6.45, 7) is 4.42. The van der Waals surface area contributed by atoms with Crippen LogP contribution in [0.3, 0.4) is 0 Å². The van der Waals surface area contributed by atoms with Crippen LogP contribution >= 0.6 is 0 Å². The molecule has 3 aromatic heterocycles. The SMILES string of the molecule is CCS(=O)(=O)N1CCN([C@H]2CC[C@H](n3nc(-c4ccc5nc(Cc6ccccc6OC)[nH]c5c4)c4c(N)ncnc43)CC2)CC1. The first-order valence-electron chi connectivity index (χ1n) is 15.7. The average Bonchev–Trinajstić information content (AvgIpc) is 3.67. The molecule has 12 nitrogen and oxygen atoms in total. The lowest BCUT2D eigenvalue weighted by atomic mass is 9.90. The number of aromatic amines is 1. The van der Waals surface area contributed by atoms with Crippen LogP contribution in [0.25, 0.3) is 33.3 Å². The monoisotopic (exact) mass is 629 g/mol. The van der Waals surface area contributed by atoms with E-state index < -0.39 is 10.0 Å². The number of nitrogens with one attached hydrogen (secondary N) is 1. The van der Waals surface area contributed by atoms with Gasteiger partial charge in [-0.2, -0.15) is 9.40 Å². The first-order valence-corrected chi connectivity index (χ1v) is 17.3. The second-order valence-corrected chi connectivity index (χ2v) is 14.2. The molecule has 3 N–H and O–H groups in total. The number of ether oxygens (including phenoxy) is 1. The van der Waals surface area contributed by atoms with Crippen LogP contribution in [0.2, 0.25) is 0 Å². The number of nitrogen functional groups attached to an aromatic ring is 1. The van der Waals surface area contributed by atoms with E-state index in [0.717, 1.165) is 89.2 Å². The van der Waals surface area contributed by atoms with E-state index in [-0.39, 0.29) is 11.8 Å². The minimum Gasteiger partial charge on any atom is -0.496 e. The van der Waals surface area contributed by atoms with E-state index in [1.54, 1.807) is 18.3 Å². The van der Waals surface area contributed by atoms with Gasteiger partial charge in [-0.1, -0.05) is 24.3 Å². The molecular formula is C32H39N9O3S. The lowest BCUT2D eigenvalue weighted by Gasteiger charge is -2.41. The maximum atomic E-state index is 12.3. The number of rotatable bonds is 8. The zero-order valence-corrected chi connectivity index (χ0v) is 26.5. The van der Waals surface area contributed by atoms with E-state index in [1.807, 2.05) is 36.4 Å². The van der Waals surface area contributed by atoms with Crippen molar-refractivity contribution in [1.82, 2.24) is 38.9 Å². The molecule has 0 spiro atoms. The number of hydrogen-bond acceptors (Lipinski definition) is 9. The van der Waals surface area contributed by atoms with Gasteiger partial charge in [0.2, 0.25) is 10.0 Å². The van der Waals surface area contributed by atoms with Gasteiger partial charge >= 0.3 is 0 Å². The number of benzene rings is 2. The van der Waals surface area contributed by atoms with E-state index in [4.69, 9.17) is 20.6 Å². The van der Waals surface area contributed by atoms with E-state index in [2.05, 4.69) is 30.6 Å². The quantitative estimate of drug-likeness (QED) is 0.260. The summed E-state index contributed by atoms with van der Waals surface area (Å²) in [7, 11) is -1.45. The first-order chi connectivity index (χ1) is 21.8. The minimum absolute atomic E-state index is 0.159. The third kappa shape index (κ3) is 5.64. The lowest BCUT2D eigenvalue weighted by molar-refractivity contribution is 0.0986. The number of sulfonamides is 1. The van der Waals surface area contributed by atoms with Crippen LogP contribution in [0, 0.1) is 0 Å². The van der Waals surface area contributed by atoms with Crippen LogP contribution in [0.5, 0.6) is 5.75 Å². The van der Waals surface area contributed by atoms with Gasteiger partial charge in [-0.3, -0.25) is 4.90 Å². The highest BCUT2D eigenvalue weighted by Crippen LogP contribution is 2.37. The number of aromatic nitrogens is 6. The summed E-state index contributed by atoms with van der Waals surface area (Å²) >= 11 is 0. The van der Waals surface area contributed by atoms with Crippen molar-refractivity contribution in [2.75, 3.05) is 44.8 Å². The van der Waals surface area contributed by atoms with E-state index in [1.165, 1.54) is 6.33 Å². The summed E-state index contributed by atoms with van der Waals surface area (Å²) in [5.74, 6) is 2.27. The Bertz CT molecular complexity index is 1940. The molecule has 1 aliphatic heterocycles. The summed E-state index contributed by atoms with van der Waals surface area (Å²) in [6, 6.07) is 14.7. The van der Waals surface area contributed by atoms with Gasteiger partial charge in [0.05, 0.1) is 35.3 Å². The predicted molar refractivity (Wildman–Crippen MR) is 175 cm³/mol. The number of piperazine rings is 1. The van der Waals surface area contributed by atoms with Crippen LogP contribution in [0.1, 0.15) is 50.0 Å². The number of nitrogens with two attached hydrogens (primary N) is 1. The van der Waals surface area contributed by atoms with Crippen molar-refractivity contribution in [2.24, 2.45) is 0 Å². The van der Waals surface area contributed by atoms with Crippen molar-refractivity contribution in [3.63, 3.8) is 0 Å². The number of methoxy groups -OCH3 is 1. The van der Waals surface area contributed by atoms with E-state index in [0.29, 0.717) is 31.4 Å². The molecule has 0 amide bonds. The summed E-state index contributed by atoms with van der Waals surface area (Å²) in [4.78, 5) is 19.7.